The Labute approximate surface area is 120 Å². The maximum atomic E-state index is 12.0. The molecule has 0 aliphatic rings. The Morgan fingerprint density at radius 1 is 1.00 bits per heavy atom. The van der Waals surface area contributed by atoms with Crippen molar-refractivity contribution < 1.29 is 22.6 Å². The highest BCUT2D eigenvalue weighted by atomic mass is 19.4. The van der Waals surface area contributed by atoms with Gasteiger partial charge in [0.25, 0.3) is 0 Å². The molecule has 0 spiro atoms. The summed E-state index contributed by atoms with van der Waals surface area (Å²) in [5.41, 5.74) is 8.02. The Kier molecular flexibility index (Phi) is 4.26. The van der Waals surface area contributed by atoms with Crippen LogP contribution in [0.5, 0.6) is 11.5 Å². The predicted molar refractivity (Wildman–Crippen MR) is 73.0 cm³/mol. The van der Waals surface area contributed by atoms with Crippen molar-refractivity contribution in [1.82, 2.24) is 0 Å². The Balaban J connectivity index is 1.96. The molecular formula is C15H14F3NO2. The molecule has 0 heterocycles. The quantitative estimate of drug-likeness (QED) is 0.866. The van der Waals surface area contributed by atoms with E-state index in [4.69, 9.17) is 10.5 Å². The second-order valence-electron chi connectivity index (χ2n) is 4.50. The van der Waals surface area contributed by atoms with Gasteiger partial charge in [0.05, 0.1) is 0 Å². The first-order valence-electron chi connectivity index (χ1n) is 6.17. The maximum absolute atomic E-state index is 12.0. The molecule has 0 aliphatic heterocycles. The second kappa shape index (κ2) is 5.95. The van der Waals surface area contributed by atoms with Crippen LogP contribution in [-0.4, -0.2) is 6.36 Å². The van der Waals surface area contributed by atoms with Crippen LogP contribution in [0.3, 0.4) is 0 Å². The number of nitrogens with two attached hydrogens (primary N) is 1. The molecule has 2 N–H and O–H groups in total. The maximum Gasteiger partial charge on any atom is 0.573 e. The molecule has 0 atom stereocenters. The summed E-state index contributed by atoms with van der Waals surface area (Å²) in [6.07, 6.45) is -4.68. The van der Waals surface area contributed by atoms with Crippen molar-refractivity contribution in [3.63, 3.8) is 0 Å². The van der Waals surface area contributed by atoms with E-state index in [2.05, 4.69) is 4.74 Å². The van der Waals surface area contributed by atoms with Crippen LogP contribution in [0.25, 0.3) is 0 Å². The lowest BCUT2D eigenvalue weighted by molar-refractivity contribution is -0.274. The summed E-state index contributed by atoms with van der Waals surface area (Å²) in [6.45, 7) is 2.11. The molecule has 0 unspecified atom stereocenters. The number of benzene rings is 2. The summed E-state index contributed by atoms with van der Waals surface area (Å²) in [5.74, 6) is 0.395. The van der Waals surface area contributed by atoms with Gasteiger partial charge in [-0.1, -0.05) is 12.1 Å². The van der Waals surface area contributed by atoms with E-state index in [0.29, 0.717) is 11.4 Å². The molecule has 0 aliphatic carbocycles. The second-order valence-corrected chi connectivity index (χ2v) is 4.50. The van der Waals surface area contributed by atoms with Gasteiger partial charge < -0.3 is 15.2 Å². The molecule has 2 rings (SSSR count). The molecule has 0 amide bonds. The van der Waals surface area contributed by atoms with Gasteiger partial charge in [-0.15, -0.1) is 13.2 Å². The molecule has 6 heteroatoms. The van der Waals surface area contributed by atoms with Gasteiger partial charge in [0.2, 0.25) is 0 Å². The van der Waals surface area contributed by atoms with Crippen LogP contribution in [0.15, 0.2) is 42.5 Å². The zero-order chi connectivity index (χ0) is 15.5. The number of anilines is 1. The molecule has 0 saturated carbocycles. The highest BCUT2D eigenvalue weighted by Gasteiger charge is 2.30. The van der Waals surface area contributed by atoms with Crippen LogP contribution in [0.4, 0.5) is 18.9 Å². The minimum Gasteiger partial charge on any atom is -0.489 e. The van der Waals surface area contributed by atoms with Gasteiger partial charge in [-0.3, -0.25) is 0 Å². The largest absolute Gasteiger partial charge is 0.573 e. The van der Waals surface area contributed by atoms with E-state index in [9.17, 15) is 13.2 Å². The summed E-state index contributed by atoms with van der Waals surface area (Å²) in [7, 11) is 0. The minimum absolute atomic E-state index is 0.246. The summed E-state index contributed by atoms with van der Waals surface area (Å²) >= 11 is 0. The number of aryl methyl sites for hydroxylation is 1. The molecule has 3 nitrogen and oxygen atoms in total. The fourth-order valence-corrected chi connectivity index (χ4v) is 1.69. The van der Waals surface area contributed by atoms with Gasteiger partial charge in [-0.05, 0) is 48.4 Å². The van der Waals surface area contributed by atoms with E-state index in [-0.39, 0.29) is 12.4 Å². The van der Waals surface area contributed by atoms with E-state index in [1.807, 2.05) is 6.92 Å². The van der Waals surface area contributed by atoms with Crippen LogP contribution < -0.4 is 15.2 Å². The average molecular weight is 297 g/mol. The third-order valence-electron chi connectivity index (χ3n) is 2.80. The third-order valence-corrected chi connectivity index (χ3v) is 2.80. The van der Waals surface area contributed by atoms with Crippen molar-refractivity contribution in [2.75, 3.05) is 5.73 Å². The van der Waals surface area contributed by atoms with Crippen molar-refractivity contribution in [3.8, 4) is 11.5 Å². The van der Waals surface area contributed by atoms with E-state index in [1.165, 1.54) is 24.3 Å². The molecule has 2 aromatic rings. The van der Waals surface area contributed by atoms with E-state index < -0.39 is 6.36 Å². The van der Waals surface area contributed by atoms with Crippen molar-refractivity contribution in [3.05, 3.63) is 53.6 Å². The lowest BCUT2D eigenvalue weighted by atomic mass is 10.2. The lowest BCUT2D eigenvalue weighted by Gasteiger charge is -2.10. The van der Waals surface area contributed by atoms with Crippen LogP contribution in [0.1, 0.15) is 11.1 Å². The standard InChI is InChI=1S/C15H14F3NO2/c1-10-8-13(6-7-14(10)19)20-9-11-2-4-12(5-3-11)21-15(16,17)18/h2-8H,9,19H2,1H3. The smallest absolute Gasteiger partial charge is 0.489 e. The zero-order valence-electron chi connectivity index (χ0n) is 11.3. The zero-order valence-corrected chi connectivity index (χ0v) is 11.3. The van der Waals surface area contributed by atoms with E-state index in [1.54, 1.807) is 18.2 Å². The van der Waals surface area contributed by atoms with Gasteiger partial charge in [0, 0.05) is 5.69 Å². The monoisotopic (exact) mass is 297 g/mol. The van der Waals surface area contributed by atoms with Gasteiger partial charge >= 0.3 is 6.36 Å². The normalized spacial score (nSPS) is 11.2. The van der Waals surface area contributed by atoms with Gasteiger partial charge in [-0.2, -0.15) is 0 Å². The van der Waals surface area contributed by atoms with Crippen LogP contribution in [0.2, 0.25) is 0 Å². The molecule has 2 aromatic carbocycles. The number of halogens is 3. The molecule has 0 fully saturated rings. The highest BCUT2D eigenvalue weighted by Crippen LogP contribution is 2.23. The van der Waals surface area contributed by atoms with Crippen molar-refractivity contribution in [2.24, 2.45) is 0 Å². The van der Waals surface area contributed by atoms with E-state index in [0.717, 1.165) is 11.1 Å². The first kappa shape index (κ1) is 15.0. The molecule has 0 saturated heterocycles. The molecule has 21 heavy (non-hydrogen) atoms. The number of rotatable bonds is 4. The molecule has 112 valence electrons. The van der Waals surface area contributed by atoms with Crippen LogP contribution >= 0.6 is 0 Å². The molecule has 0 radical (unpaired) electrons. The number of ether oxygens (including phenoxy) is 2. The summed E-state index contributed by atoms with van der Waals surface area (Å²) in [4.78, 5) is 0. The number of alkyl halides is 3. The number of nitrogen functional groups attached to an aromatic ring is 1. The first-order chi connectivity index (χ1) is 9.83. The average Bonchev–Trinajstić information content (AvgIpc) is 2.40. The van der Waals surface area contributed by atoms with Gasteiger partial charge in [-0.25, -0.2) is 0 Å². The number of hydrogen-bond donors (Lipinski definition) is 1. The SMILES string of the molecule is Cc1cc(OCc2ccc(OC(F)(F)F)cc2)ccc1N. The first-order valence-corrected chi connectivity index (χ1v) is 6.17. The Bertz CT molecular complexity index is 609. The van der Waals surface area contributed by atoms with Crippen LogP contribution in [-0.2, 0) is 6.61 Å². The molecule has 0 bridgehead atoms. The van der Waals surface area contributed by atoms with Crippen molar-refractivity contribution >= 4 is 5.69 Å². The fraction of sp³-hybridized carbons (Fsp3) is 0.200. The Morgan fingerprint density at radius 3 is 2.19 bits per heavy atom. The van der Waals surface area contributed by atoms with E-state index >= 15 is 0 Å². The minimum atomic E-state index is -4.68. The molecular weight excluding hydrogens is 283 g/mol. The highest BCUT2D eigenvalue weighted by molar-refractivity contribution is 5.49. The predicted octanol–water partition coefficient (Wildman–Crippen LogP) is 4.05. The summed E-state index contributed by atoms with van der Waals surface area (Å²) in [6, 6.07) is 10.8. The Hall–Kier alpha value is -2.37. The van der Waals surface area contributed by atoms with Crippen molar-refractivity contribution in [1.29, 1.82) is 0 Å². The fourth-order valence-electron chi connectivity index (χ4n) is 1.69. The van der Waals surface area contributed by atoms with Crippen LogP contribution in [0, 0.1) is 6.92 Å². The summed E-state index contributed by atoms with van der Waals surface area (Å²) < 4.78 is 45.4. The summed E-state index contributed by atoms with van der Waals surface area (Å²) in [5, 5.41) is 0. The lowest BCUT2D eigenvalue weighted by Crippen LogP contribution is -2.17. The Morgan fingerprint density at radius 2 is 1.62 bits per heavy atom. The van der Waals surface area contributed by atoms with Gasteiger partial charge in [0.15, 0.2) is 0 Å². The topological polar surface area (TPSA) is 44.5 Å². The molecule has 0 aromatic heterocycles. The number of hydrogen-bond acceptors (Lipinski definition) is 3. The van der Waals surface area contributed by atoms with Gasteiger partial charge in [0.1, 0.15) is 18.1 Å². The third kappa shape index (κ3) is 4.59. The van der Waals surface area contributed by atoms with Crippen molar-refractivity contribution in [2.45, 2.75) is 19.9 Å².